The van der Waals surface area contributed by atoms with Gasteiger partial charge in [-0.2, -0.15) is 4.31 Å². The highest BCUT2D eigenvalue weighted by Gasteiger charge is 2.34. The quantitative estimate of drug-likeness (QED) is 0.872. The fourth-order valence-corrected chi connectivity index (χ4v) is 4.65. The van der Waals surface area contributed by atoms with Crippen molar-refractivity contribution in [3.63, 3.8) is 0 Å². The predicted octanol–water partition coefficient (Wildman–Crippen LogP) is 2.89. The van der Waals surface area contributed by atoms with E-state index >= 15 is 0 Å². The number of hydrogen-bond acceptors (Lipinski definition) is 3. The molecule has 0 aromatic heterocycles. The zero-order valence-corrected chi connectivity index (χ0v) is 12.8. The molecule has 1 fully saturated rings. The molecular formula is C14H20F2N2O2S. The molecule has 118 valence electrons. The molecule has 1 heterocycles. The van der Waals surface area contributed by atoms with Crippen molar-refractivity contribution in [2.75, 3.05) is 12.3 Å². The summed E-state index contributed by atoms with van der Waals surface area (Å²) in [7, 11) is -4.08. The molecule has 1 aromatic carbocycles. The number of rotatable bonds is 3. The van der Waals surface area contributed by atoms with Crippen LogP contribution in [0.1, 0.15) is 39.0 Å². The molecule has 7 heteroatoms. The first-order chi connectivity index (χ1) is 9.87. The molecule has 1 saturated heterocycles. The Morgan fingerprint density at radius 3 is 2.67 bits per heavy atom. The summed E-state index contributed by atoms with van der Waals surface area (Å²) >= 11 is 0. The monoisotopic (exact) mass is 318 g/mol. The smallest absolute Gasteiger partial charge is 0.246 e. The zero-order chi connectivity index (χ0) is 15.6. The van der Waals surface area contributed by atoms with Gasteiger partial charge in [-0.1, -0.05) is 19.8 Å². The average molecular weight is 318 g/mol. The highest BCUT2D eigenvalue weighted by atomic mass is 32.2. The molecule has 1 atom stereocenters. The largest absolute Gasteiger partial charge is 0.399 e. The van der Waals surface area contributed by atoms with Crippen molar-refractivity contribution in [3.8, 4) is 0 Å². The van der Waals surface area contributed by atoms with E-state index in [0.717, 1.165) is 37.8 Å². The lowest BCUT2D eigenvalue weighted by Crippen LogP contribution is -2.40. The Hall–Kier alpha value is -1.21. The van der Waals surface area contributed by atoms with Crippen LogP contribution in [0.4, 0.5) is 14.5 Å². The van der Waals surface area contributed by atoms with Gasteiger partial charge in [-0.25, -0.2) is 17.2 Å². The van der Waals surface area contributed by atoms with Gasteiger partial charge in [-0.15, -0.1) is 0 Å². The first-order valence-corrected chi connectivity index (χ1v) is 8.58. The van der Waals surface area contributed by atoms with Crippen molar-refractivity contribution in [1.29, 1.82) is 0 Å². The van der Waals surface area contributed by atoms with Crippen LogP contribution in [0.3, 0.4) is 0 Å². The van der Waals surface area contributed by atoms with Gasteiger partial charge in [0.05, 0.1) is 0 Å². The maximum Gasteiger partial charge on any atom is 0.246 e. The van der Waals surface area contributed by atoms with Gasteiger partial charge in [0.2, 0.25) is 10.0 Å². The van der Waals surface area contributed by atoms with Crippen molar-refractivity contribution >= 4 is 15.7 Å². The lowest BCUT2D eigenvalue weighted by Gasteiger charge is -2.28. The number of nitrogens with zero attached hydrogens (tertiary/aromatic N) is 1. The number of sulfonamides is 1. The van der Waals surface area contributed by atoms with Crippen LogP contribution in [-0.4, -0.2) is 25.3 Å². The SMILES string of the molecule is CCC1CCCCCN1S(=O)(=O)c1cc(N)cc(F)c1F. The van der Waals surface area contributed by atoms with E-state index in [4.69, 9.17) is 5.73 Å². The van der Waals surface area contributed by atoms with Gasteiger partial charge in [0, 0.05) is 18.3 Å². The van der Waals surface area contributed by atoms with Crippen LogP contribution in [0, 0.1) is 11.6 Å². The molecule has 1 aliphatic rings. The second-order valence-corrected chi connectivity index (χ2v) is 7.20. The van der Waals surface area contributed by atoms with Crippen molar-refractivity contribution in [2.24, 2.45) is 0 Å². The second kappa shape index (κ2) is 6.27. The Balaban J connectivity index is 2.50. The topological polar surface area (TPSA) is 63.4 Å². The summed E-state index contributed by atoms with van der Waals surface area (Å²) in [5.74, 6) is -2.60. The van der Waals surface area contributed by atoms with E-state index in [2.05, 4.69) is 0 Å². The van der Waals surface area contributed by atoms with Gasteiger partial charge >= 0.3 is 0 Å². The van der Waals surface area contributed by atoms with Crippen molar-refractivity contribution in [3.05, 3.63) is 23.8 Å². The summed E-state index contributed by atoms with van der Waals surface area (Å²) in [6, 6.07) is 1.60. The third-order valence-corrected chi connectivity index (χ3v) is 5.85. The summed E-state index contributed by atoms with van der Waals surface area (Å²) in [6.45, 7) is 2.23. The maximum atomic E-state index is 13.9. The summed E-state index contributed by atoms with van der Waals surface area (Å²) in [4.78, 5) is -0.666. The van der Waals surface area contributed by atoms with Gasteiger partial charge in [-0.3, -0.25) is 0 Å². The normalized spacial score (nSPS) is 21.2. The number of anilines is 1. The van der Waals surface area contributed by atoms with E-state index in [9.17, 15) is 17.2 Å². The van der Waals surface area contributed by atoms with Crippen LogP contribution in [0.5, 0.6) is 0 Å². The van der Waals surface area contributed by atoms with Crippen molar-refractivity contribution < 1.29 is 17.2 Å². The van der Waals surface area contributed by atoms with Crippen LogP contribution in [0.15, 0.2) is 17.0 Å². The molecular weight excluding hydrogens is 298 g/mol. The summed E-state index contributed by atoms with van der Waals surface area (Å²) in [5.41, 5.74) is 5.36. The molecule has 2 N–H and O–H groups in total. The third kappa shape index (κ3) is 3.18. The first kappa shape index (κ1) is 16.2. The Bertz CT molecular complexity index is 620. The average Bonchev–Trinajstić information content (AvgIpc) is 2.68. The zero-order valence-electron chi connectivity index (χ0n) is 12.0. The van der Waals surface area contributed by atoms with Crippen LogP contribution in [-0.2, 0) is 10.0 Å². The molecule has 0 amide bonds. The van der Waals surface area contributed by atoms with E-state index in [-0.39, 0.29) is 11.7 Å². The molecule has 1 unspecified atom stereocenters. The molecule has 21 heavy (non-hydrogen) atoms. The van der Waals surface area contributed by atoms with E-state index in [1.165, 1.54) is 4.31 Å². The van der Waals surface area contributed by atoms with Gasteiger partial charge in [0.1, 0.15) is 4.90 Å². The second-order valence-electron chi connectivity index (χ2n) is 5.34. The molecule has 0 aliphatic carbocycles. The summed E-state index contributed by atoms with van der Waals surface area (Å²) < 4.78 is 54.1. The van der Waals surface area contributed by atoms with E-state index in [0.29, 0.717) is 13.0 Å². The van der Waals surface area contributed by atoms with Crippen molar-refractivity contribution in [1.82, 2.24) is 4.31 Å². The molecule has 1 aromatic rings. The minimum atomic E-state index is -4.08. The fourth-order valence-electron chi connectivity index (χ4n) is 2.77. The Kier molecular flexibility index (Phi) is 4.83. The maximum absolute atomic E-state index is 13.9. The molecule has 0 radical (unpaired) electrons. The summed E-state index contributed by atoms with van der Waals surface area (Å²) in [6.07, 6.45) is 3.99. The highest BCUT2D eigenvalue weighted by molar-refractivity contribution is 7.89. The molecule has 0 saturated carbocycles. The molecule has 0 bridgehead atoms. The van der Waals surface area contributed by atoms with E-state index in [1.807, 2.05) is 6.92 Å². The van der Waals surface area contributed by atoms with Gasteiger partial charge in [0.15, 0.2) is 11.6 Å². The van der Waals surface area contributed by atoms with Crippen LogP contribution in [0.2, 0.25) is 0 Å². The number of nitrogens with two attached hydrogens (primary N) is 1. The van der Waals surface area contributed by atoms with E-state index in [1.54, 1.807) is 0 Å². The van der Waals surface area contributed by atoms with Crippen LogP contribution in [0.25, 0.3) is 0 Å². The predicted molar refractivity (Wildman–Crippen MR) is 77.2 cm³/mol. The lowest BCUT2D eigenvalue weighted by molar-refractivity contribution is 0.313. The molecule has 2 rings (SSSR count). The standard InChI is InChI=1S/C14H20F2N2O2S/c1-2-11-6-4-3-5-7-18(11)21(19,20)13-9-10(17)8-12(15)14(13)16/h8-9,11H,2-7,17H2,1H3. The third-order valence-electron chi connectivity index (χ3n) is 3.90. The van der Waals surface area contributed by atoms with Crippen LogP contribution < -0.4 is 5.73 Å². The molecule has 1 aliphatic heterocycles. The van der Waals surface area contributed by atoms with E-state index < -0.39 is 26.6 Å². The highest BCUT2D eigenvalue weighted by Crippen LogP contribution is 2.29. The number of benzene rings is 1. The Labute approximate surface area is 124 Å². The van der Waals surface area contributed by atoms with Gasteiger partial charge in [0.25, 0.3) is 0 Å². The summed E-state index contributed by atoms with van der Waals surface area (Å²) in [5, 5.41) is 0. The number of nitrogen functional groups attached to an aromatic ring is 1. The Morgan fingerprint density at radius 1 is 1.29 bits per heavy atom. The van der Waals surface area contributed by atoms with Crippen molar-refractivity contribution in [2.45, 2.75) is 50.0 Å². The number of hydrogen-bond donors (Lipinski definition) is 1. The molecule has 0 spiro atoms. The fraction of sp³-hybridized carbons (Fsp3) is 0.571. The Morgan fingerprint density at radius 2 is 2.00 bits per heavy atom. The molecule has 4 nitrogen and oxygen atoms in total. The lowest BCUT2D eigenvalue weighted by atomic mass is 10.1. The minimum absolute atomic E-state index is 0.102. The van der Waals surface area contributed by atoms with Gasteiger partial charge in [-0.05, 0) is 31.4 Å². The first-order valence-electron chi connectivity index (χ1n) is 7.14. The number of halogens is 2. The van der Waals surface area contributed by atoms with Gasteiger partial charge < -0.3 is 5.73 Å². The minimum Gasteiger partial charge on any atom is -0.399 e. The van der Waals surface area contributed by atoms with Crippen LogP contribution >= 0.6 is 0 Å².